The number of aromatic amines is 1. The third-order valence-corrected chi connectivity index (χ3v) is 4.28. The van der Waals surface area contributed by atoms with E-state index in [4.69, 9.17) is 0 Å². The van der Waals surface area contributed by atoms with Crippen LogP contribution in [0.25, 0.3) is 10.9 Å². The molecule has 1 saturated heterocycles. The normalized spacial score (nSPS) is 18.5. The molecule has 0 amide bonds. The summed E-state index contributed by atoms with van der Waals surface area (Å²) in [5, 5.41) is 0.534. The van der Waals surface area contributed by atoms with E-state index >= 15 is 0 Å². The molecule has 3 heterocycles. The highest BCUT2D eigenvalue weighted by atomic mass is 19.2. The number of aromatic nitrogens is 4. The van der Waals surface area contributed by atoms with Crippen LogP contribution in [-0.2, 0) is 0 Å². The Labute approximate surface area is 131 Å². The number of hydrogen-bond donors (Lipinski definition) is 1. The monoisotopic (exact) mass is 315 g/mol. The number of H-pyrrole nitrogens is 1. The first-order valence-electron chi connectivity index (χ1n) is 7.56. The van der Waals surface area contributed by atoms with E-state index in [-0.39, 0.29) is 5.92 Å². The van der Waals surface area contributed by atoms with Crippen molar-refractivity contribution < 1.29 is 8.78 Å². The molecular weight excluding hydrogens is 300 g/mol. The Morgan fingerprint density at radius 1 is 1.13 bits per heavy atom. The number of imidazole rings is 1. The molecule has 1 aliphatic rings. The maximum absolute atomic E-state index is 13.6. The molecule has 1 aromatic carbocycles. The molecule has 1 unspecified atom stereocenters. The highest BCUT2D eigenvalue weighted by molar-refractivity contribution is 5.89. The van der Waals surface area contributed by atoms with E-state index in [1.54, 1.807) is 6.20 Å². The molecule has 3 aromatic rings. The number of piperidine rings is 1. The molecular formula is C16H15F2N5. The van der Waals surface area contributed by atoms with Crippen molar-refractivity contribution in [3.63, 3.8) is 0 Å². The number of halogens is 2. The van der Waals surface area contributed by atoms with Gasteiger partial charge in [-0.25, -0.2) is 23.7 Å². The van der Waals surface area contributed by atoms with Gasteiger partial charge in [-0.3, -0.25) is 0 Å². The van der Waals surface area contributed by atoms with Gasteiger partial charge in [-0.05, 0) is 18.9 Å². The van der Waals surface area contributed by atoms with E-state index in [2.05, 4.69) is 24.8 Å². The number of anilines is 1. The van der Waals surface area contributed by atoms with Crippen LogP contribution in [0.2, 0.25) is 0 Å². The first-order valence-corrected chi connectivity index (χ1v) is 7.56. The van der Waals surface area contributed by atoms with Gasteiger partial charge in [0.2, 0.25) is 0 Å². The van der Waals surface area contributed by atoms with Gasteiger partial charge in [0.15, 0.2) is 11.6 Å². The first kappa shape index (κ1) is 14.0. The average Bonchev–Trinajstić information content (AvgIpc) is 3.10. The third kappa shape index (κ3) is 2.52. The van der Waals surface area contributed by atoms with E-state index in [0.29, 0.717) is 16.7 Å². The van der Waals surface area contributed by atoms with Crippen LogP contribution in [-0.4, -0.2) is 33.0 Å². The van der Waals surface area contributed by atoms with Crippen molar-refractivity contribution in [1.82, 2.24) is 19.9 Å². The Hall–Kier alpha value is -2.57. The van der Waals surface area contributed by atoms with Crippen LogP contribution < -0.4 is 4.90 Å². The Balaban J connectivity index is 1.72. The number of rotatable bonds is 2. The Kier molecular flexibility index (Phi) is 3.40. The molecule has 0 spiro atoms. The second-order valence-corrected chi connectivity index (χ2v) is 5.74. The fraction of sp³-hybridized carbons (Fsp3) is 0.312. The molecule has 1 aliphatic heterocycles. The zero-order valence-corrected chi connectivity index (χ0v) is 12.3. The average molecular weight is 315 g/mol. The number of hydrogen-bond acceptors (Lipinski definition) is 4. The molecule has 5 nitrogen and oxygen atoms in total. The van der Waals surface area contributed by atoms with Crippen LogP contribution in [0, 0.1) is 11.6 Å². The van der Waals surface area contributed by atoms with E-state index in [1.807, 2.05) is 6.20 Å². The number of nitrogens with zero attached hydrogens (tertiary/aromatic N) is 4. The van der Waals surface area contributed by atoms with Gasteiger partial charge >= 0.3 is 0 Å². The molecule has 2 aromatic heterocycles. The quantitative estimate of drug-likeness (QED) is 0.790. The van der Waals surface area contributed by atoms with Crippen molar-refractivity contribution in [3.8, 4) is 0 Å². The molecule has 23 heavy (non-hydrogen) atoms. The molecule has 4 rings (SSSR count). The van der Waals surface area contributed by atoms with Gasteiger partial charge in [0.25, 0.3) is 0 Å². The molecule has 118 valence electrons. The van der Waals surface area contributed by atoms with Crippen molar-refractivity contribution in [2.75, 3.05) is 18.0 Å². The lowest BCUT2D eigenvalue weighted by Crippen LogP contribution is -2.35. The van der Waals surface area contributed by atoms with Gasteiger partial charge in [0, 0.05) is 42.9 Å². The predicted molar refractivity (Wildman–Crippen MR) is 82.2 cm³/mol. The molecule has 0 radical (unpaired) electrons. The van der Waals surface area contributed by atoms with Crippen molar-refractivity contribution in [1.29, 1.82) is 0 Å². The van der Waals surface area contributed by atoms with E-state index in [9.17, 15) is 8.78 Å². The van der Waals surface area contributed by atoms with Crippen LogP contribution in [0.4, 0.5) is 14.6 Å². The minimum absolute atomic E-state index is 0.272. The van der Waals surface area contributed by atoms with Crippen molar-refractivity contribution in [2.24, 2.45) is 0 Å². The molecule has 7 heteroatoms. The highest BCUT2D eigenvalue weighted by Gasteiger charge is 2.25. The van der Waals surface area contributed by atoms with Crippen LogP contribution in [0.15, 0.2) is 30.9 Å². The standard InChI is InChI=1S/C16H15F2N5/c17-12-6-11-14(7-13(12)18)21-9-22-16(11)23-5-1-2-10(8-23)15-19-3-4-20-15/h3-4,6-7,9-10H,1-2,5,8H2,(H,19,20). The van der Waals surface area contributed by atoms with Gasteiger partial charge in [-0.2, -0.15) is 0 Å². The summed E-state index contributed by atoms with van der Waals surface area (Å²) in [6.07, 6.45) is 6.97. The molecule has 1 fully saturated rings. The lowest BCUT2D eigenvalue weighted by molar-refractivity contribution is 0.492. The predicted octanol–water partition coefficient (Wildman–Crippen LogP) is 3.02. The Morgan fingerprint density at radius 3 is 2.83 bits per heavy atom. The summed E-state index contributed by atoms with van der Waals surface area (Å²) >= 11 is 0. The van der Waals surface area contributed by atoms with E-state index in [0.717, 1.165) is 37.8 Å². The third-order valence-electron chi connectivity index (χ3n) is 4.28. The Bertz CT molecular complexity index is 834. The number of nitrogens with one attached hydrogen (secondary N) is 1. The van der Waals surface area contributed by atoms with E-state index in [1.165, 1.54) is 12.4 Å². The first-order chi connectivity index (χ1) is 11.2. The molecule has 1 N–H and O–H groups in total. The summed E-state index contributed by atoms with van der Waals surface area (Å²) in [5.74, 6) is 0.0897. The fourth-order valence-electron chi connectivity index (χ4n) is 3.18. The minimum Gasteiger partial charge on any atom is -0.355 e. The van der Waals surface area contributed by atoms with Gasteiger partial charge in [0.05, 0.1) is 5.52 Å². The maximum Gasteiger partial charge on any atom is 0.161 e. The smallest absolute Gasteiger partial charge is 0.161 e. The second kappa shape index (κ2) is 5.57. The van der Waals surface area contributed by atoms with Gasteiger partial charge in [-0.1, -0.05) is 0 Å². The Morgan fingerprint density at radius 2 is 2.00 bits per heavy atom. The molecule has 1 atom stereocenters. The molecule has 0 bridgehead atoms. The van der Waals surface area contributed by atoms with E-state index < -0.39 is 11.6 Å². The summed E-state index contributed by atoms with van der Waals surface area (Å²) in [5.41, 5.74) is 0.411. The summed E-state index contributed by atoms with van der Waals surface area (Å²) in [6.45, 7) is 1.56. The zero-order chi connectivity index (χ0) is 15.8. The largest absolute Gasteiger partial charge is 0.355 e. The molecule has 0 saturated carbocycles. The van der Waals surface area contributed by atoms with Gasteiger partial charge < -0.3 is 9.88 Å². The zero-order valence-electron chi connectivity index (χ0n) is 12.3. The summed E-state index contributed by atoms with van der Waals surface area (Å²) < 4.78 is 27.0. The lowest BCUT2D eigenvalue weighted by atomic mass is 9.97. The van der Waals surface area contributed by atoms with Crippen LogP contribution in [0.5, 0.6) is 0 Å². The van der Waals surface area contributed by atoms with Crippen LogP contribution in [0.1, 0.15) is 24.6 Å². The van der Waals surface area contributed by atoms with Gasteiger partial charge in [-0.15, -0.1) is 0 Å². The van der Waals surface area contributed by atoms with Crippen LogP contribution in [0.3, 0.4) is 0 Å². The minimum atomic E-state index is -0.894. The summed E-state index contributed by atoms with van der Waals surface area (Å²) in [6, 6.07) is 2.29. The lowest BCUT2D eigenvalue weighted by Gasteiger charge is -2.33. The summed E-state index contributed by atoms with van der Waals surface area (Å²) in [4.78, 5) is 17.9. The van der Waals surface area contributed by atoms with Crippen molar-refractivity contribution in [2.45, 2.75) is 18.8 Å². The SMILES string of the molecule is Fc1cc2ncnc(N3CCCC(c4ncc[nH]4)C3)c2cc1F. The maximum atomic E-state index is 13.6. The highest BCUT2D eigenvalue weighted by Crippen LogP contribution is 2.31. The van der Waals surface area contributed by atoms with Crippen LogP contribution >= 0.6 is 0 Å². The number of benzene rings is 1. The van der Waals surface area contributed by atoms with Gasteiger partial charge in [0.1, 0.15) is 18.0 Å². The van der Waals surface area contributed by atoms with Crippen molar-refractivity contribution >= 4 is 16.7 Å². The fourth-order valence-corrected chi connectivity index (χ4v) is 3.18. The molecule has 0 aliphatic carbocycles. The van der Waals surface area contributed by atoms with Crippen molar-refractivity contribution in [3.05, 3.63) is 48.3 Å². The number of fused-ring (bicyclic) bond motifs is 1. The second-order valence-electron chi connectivity index (χ2n) is 5.74. The summed E-state index contributed by atoms with van der Waals surface area (Å²) in [7, 11) is 0. The topological polar surface area (TPSA) is 57.7 Å².